The van der Waals surface area contributed by atoms with E-state index in [-0.39, 0.29) is 6.42 Å². The van der Waals surface area contributed by atoms with Crippen LogP contribution in [0, 0.1) is 5.41 Å². The van der Waals surface area contributed by atoms with Crippen molar-refractivity contribution in [2.75, 3.05) is 13.8 Å². The van der Waals surface area contributed by atoms with Gasteiger partial charge >= 0.3 is 5.97 Å². The molecule has 0 bridgehead atoms. The summed E-state index contributed by atoms with van der Waals surface area (Å²) in [4.78, 5) is 23.9. The number of methoxy groups -OCH3 is 1. The van der Waals surface area contributed by atoms with Crippen molar-refractivity contribution in [1.29, 1.82) is 0 Å². The summed E-state index contributed by atoms with van der Waals surface area (Å²) < 4.78 is 17.8. The first kappa shape index (κ1) is 11.8. The number of carbonyl (C=O) groups is 2. The van der Waals surface area contributed by atoms with Gasteiger partial charge in [-0.25, -0.2) is 4.39 Å². The van der Waals surface area contributed by atoms with Crippen molar-refractivity contribution in [3.63, 3.8) is 0 Å². The molecule has 3 nitrogen and oxygen atoms in total. The van der Waals surface area contributed by atoms with Gasteiger partial charge < -0.3 is 4.74 Å². The van der Waals surface area contributed by atoms with E-state index >= 15 is 0 Å². The fourth-order valence-electron chi connectivity index (χ4n) is 2.25. The summed E-state index contributed by atoms with van der Waals surface area (Å²) in [5.41, 5.74) is -0.337. The Morgan fingerprint density at radius 1 is 1.47 bits per heavy atom. The standard InChI is InChI=1S/C13H13FO3/c1-17-12(16)13(8-14)7-6-9-4-2-3-5-10(9)11(13)15/h2-5H,6-8H2,1H3. The summed E-state index contributed by atoms with van der Waals surface area (Å²) in [6.07, 6.45) is 0.687. The first-order valence-corrected chi connectivity index (χ1v) is 5.43. The number of benzene rings is 1. The Kier molecular flexibility index (Phi) is 2.96. The van der Waals surface area contributed by atoms with Crippen LogP contribution in [0.25, 0.3) is 0 Å². The largest absolute Gasteiger partial charge is 0.468 e. The molecule has 0 heterocycles. The molecule has 0 saturated carbocycles. The van der Waals surface area contributed by atoms with Gasteiger partial charge in [0.15, 0.2) is 11.2 Å². The van der Waals surface area contributed by atoms with Crippen LogP contribution >= 0.6 is 0 Å². The lowest BCUT2D eigenvalue weighted by molar-refractivity contribution is -0.151. The normalized spacial score (nSPS) is 23.1. The third kappa shape index (κ3) is 1.64. The van der Waals surface area contributed by atoms with Crippen LogP contribution in [0.15, 0.2) is 24.3 Å². The minimum atomic E-state index is -1.64. The molecule has 0 radical (unpaired) electrons. The molecule has 0 amide bonds. The minimum Gasteiger partial charge on any atom is -0.468 e. The van der Waals surface area contributed by atoms with E-state index in [1.54, 1.807) is 12.1 Å². The second kappa shape index (κ2) is 4.28. The zero-order valence-electron chi connectivity index (χ0n) is 9.53. The van der Waals surface area contributed by atoms with Gasteiger partial charge in [-0.1, -0.05) is 24.3 Å². The number of alkyl halides is 1. The van der Waals surface area contributed by atoms with Crippen molar-refractivity contribution in [2.45, 2.75) is 12.8 Å². The maximum absolute atomic E-state index is 13.2. The molecule has 17 heavy (non-hydrogen) atoms. The first-order chi connectivity index (χ1) is 8.15. The predicted molar refractivity (Wildman–Crippen MR) is 59.5 cm³/mol. The van der Waals surface area contributed by atoms with Crippen molar-refractivity contribution >= 4 is 11.8 Å². The van der Waals surface area contributed by atoms with Crippen molar-refractivity contribution in [3.8, 4) is 0 Å². The summed E-state index contributed by atoms with van der Waals surface area (Å²) >= 11 is 0. The second-order valence-electron chi connectivity index (χ2n) is 4.19. The number of hydrogen-bond donors (Lipinski definition) is 0. The predicted octanol–water partition coefficient (Wildman–Crippen LogP) is 1.94. The molecule has 4 heteroatoms. The Morgan fingerprint density at radius 2 is 2.18 bits per heavy atom. The minimum absolute atomic E-state index is 0.173. The number of halogens is 1. The van der Waals surface area contributed by atoms with Crippen molar-refractivity contribution < 1.29 is 18.7 Å². The van der Waals surface area contributed by atoms with E-state index in [0.717, 1.165) is 5.56 Å². The average molecular weight is 236 g/mol. The van der Waals surface area contributed by atoms with Crippen molar-refractivity contribution in [1.82, 2.24) is 0 Å². The second-order valence-corrected chi connectivity index (χ2v) is 4.19. The van der Waals surface area contributed by atoms with Gasteiger partial charge in [0.2, 0.25) is 0 Å². The van der Waals surface area contributed by atoms with Gasteiger partial charge in [-0.05, 0) is 18.4 Å². The fourth-order valence-corrected chi connectivity index (χ4v) is 2.25. The number of fused-ring (bicyclic) bond motifs is 1. The van der Waals surface area contributed by atoms with Gasteiger partial charge in [0, 0.05) is 5.56 Å². The SMILES string of the molecule is COC(=O)C1(CF)CCc2ccccc2C1=O. The third-order valence-corrected chi connectivity index (χ3v) is 3.32. The molecule has 0 spiro atoms. The number of esters is 1. The van der Waals surface area contributed by atoms with Crippen molar-refractivity contribution in [3.05, 3.63) is 35.4 Å². The smallest absolute Gasteiger partial charge is 0.322 e. The molecule has 1 aliphatic carbocycles. The highest BCUT2D eigenvalue weighted by Gasteiger charge is 2.50. The molecule has 1 aromatic rings. The molecular weight excluding hydrogens is 223 g/mol. The van der Waals surface area contributed by atoms with E-state index in [1.165, 1.54) is 7.11 Å². The van der Waals surface area contributed by atoms with Crippen LogP contribution in [-0.2, 0) is 16.0 Å². The lowest BCUT2D eigenvalue weighted by Crippen LogP contribution is -2.45. The topological polar surface area (TPSA) is 43.4 Å². The lowest BCUT2D eigenvalue weighted by atomic mass is 9.71. The Bertz CT molecular complexity index is 469. The molecule has 2 rings (SSSR count). The maximum Gasteiger partial charge on any atom is 0.322 e. The summed E-state index contributed by atoms with van der Waals surface area (Å²) in [5.74, 6) is -1.24. The molecule has 90 valence electrons. The molecule has 1 aliphatic rings. The average Bonchev–Trinajstić information content (AvgIpc) is 2.39. The highest BCUT2D eigenvalue weighted by atomic mass is 19.1. The zero-order valence-corrected chi connectivity index (χ0v) is 9.53. The number of ether oxygens (including phenoxy) is 1. The highest BCUT2D eigenvalue weighted by Crippen LogP contribution is 2.37. The van der Waals surface area contributed by atoms with Gasteiger partial charge in [0.25, 0.3) is 0 Å². The molecule has 0 aliphatic heterocycles. The lowest BCUT2D eigenvalue weighted by Gasteiger charge is -2.31. The van der Waals surface area contributed by atoms with Gasteiger partial charge in [0.1, 0.15) is 6.67 Å². The van der Waals surface area contributed by atoms with Crippen LogP contribution in [0.5, 0.6) is 0 Å². The summed E-state index contributed by atoms with van der Waals surface area (Å²) in [7, 11) is 1.17. The third-order valence-electron chi connectivity index (χ3n) is 3.32. The Balaban J connectivity index is 2.49. The van der Waals surface area contributed by atoms with E-state index in [0.29, 0.717) is 12.0 Å². The van der Waals surface area contributed by atoms with Crippen LogP contribution in [0.4, 0.5) is 4.39 Å². The maximum atomic E-state index is 13.2. The molecule has 1 atom stereocenters. The first-order valence-electron chi connectivity index (χ1n) is 5.43. The van der Waals surface area contributed by atoms with Crippen LogP contribution in [0.3, 0.4) is 0 Å². The molecule has 0 saturated heterocycles. The highest BCUT2D eigenvalue weighted by molar-refractivity contribution is 6.14. The molecule has 0 fully saturated rings. The van der Waals surface area contributed by atoms with Crippen LogP contribution in [0.1, 0.15) is 22.3 Å². The number of ketones is 1. The van der Waals surface area contributed by atoms with E-state index in [9.17, 15) is 14.0 Å². The summed E-state index contributed by atoms with van der Waals surface area (Å²) in [6.45, 7) is -1.01. The van der Waals surface area contributed by atoms with E-state index < -0.39 is 23.8 Å². The van der Waals surface area contributed by atoms with Gasteiger partial charge in [-0.2, -0.15) is 0 Å². The quantitative estimate of drug-likeness (QED) is 0.582. The number of rotatable bonds is 2. The molecule has 0 aromatic heterocycles. The zero-order chi connectivity index (χ0) is 12.5. The molecule has 0 N–H and O–H groups in total. The van der Waals surface area contributed by atoms with E-state index in [4.69, 9.17) is 0 Å². The monoisotopic (exact) mass is 236 g/mol. The van der Waals surface area contributed by atoms with Crippen LogP contribution < -0.4 is 0 Å². The number of carbonyl (C=O) groups excluding carboxylic acids is 2. The van der Waals surface area contributed by atoms with Crippen LogP contribution in [-0.4, -0.2) is 25.5 Å². The number of Topliss-reactive ketones (excluding diaryl/α,β-unsaturated/α-hetero) is 1. The molecular formula is C13H13FO3. The summed E-state index contributed by atoms with van der Waals surface area (Å²) in [6, 6.07) is 6.99. The van der Waals surface area contributed by atoms with Gasteiger partial charge in [-0.3, -0.25) is 9.59 Å². The number of hydrogen-bond acceptors (Lipinski definition) is 3. The molecule has 1 aromatic carbocycles. The Morgan fingerprint density at radius 3 is 2.82 bits per heavy atom. The Hall–Kier alpha value is -1.71. The van der Waals surface area contributed by atoms with Gasteiger partial charge in [0.05, 0.1) is 7.11 Å². The van der Waals surface area contributed by atoms with Crippen LogP contribution in [0.2, 0.25) is 0 Å². The van der Waals surface area contributed by atoms with Gasteiger partial charge in [-0.15, -0.1) is 0 Å². The van der Waals surface area contributed by atoms with Crippen molar-refractivity contribution in [2.24, 2.45) is 5.41 Å². The fraction of sp³-hybridized carbons (Fsp3) is 0.385. The summed E-state index contributed by atoms with van der Waals surface area (Å²) in [5, 5.41) is 0. The van der Waals surface area contributed by atoms with E-state index in [1.807, 2.05) is 12.1 Å². The molecule has 1 unspecified atom stereocenters. The van der Waals surface area contributed by atoms with E-state index in [2.05, 4.69) is 4.74 Å². The number of aryl methyl sites for hydroxylation is 1. The Labute approximate surface area is 98.6 Å².